The van der Waals surface area contributed by atoms with Gasteiger partial charge in [-0.15, -0.1) is 11.6 Å². The molecule has 1 heterocycles. The number of nitrogens with two attached hydrogens (primary N) is 1. The van der Waals surface area contributed by atoms with Gasteiger partial charge in [0.05, 0.1) is 6.54 Å². The molecule has 1 aliphatic heterocycles. The van der Waals surface area contributed by atoms with Crippen LogP contribution in [0.15, 0.2) is 0 Å². The van der Waals surface area contributed by atoms with E-state index in [1.54, 1.807) is 0 Å². The van der Waals surface area contributed by atoms with E-state index < -0.39 is 0 Å². The Morgan fingerprint density at radius 2 is 2.33 bits per heavy atom. The third-order valence-corrected chi connectivity index (χ3v) is 4.42. The van der Waals surface area contributed by atoms with E-state index in [1.807, 2.05) is 4.90 Å². The van der Waals surface area contributed by atoms with E-state index in [0.29, 0.717) is 11.3 Å². The van der Waals surface area contributed by atoms with Crippen LogP contribution in [0.1, 0.15) is 25.7 Å². The molecule has 2 atom stereocenters. The minimum Gasteiger partial charge on any atom is -0.341 e. The van der Waals surface area contributed by atoms with Crippen molar-refractivity contribution in [3.8, 4) is 0 Å². The molecule has 0 unspecified atom stereocenters. The Hall–Kier alpha value is -0.280. The molecule has 0 radical (unpaired) electrons. The highest BCUT2D eigenvalue weighted by atomic mass is 35.5. The number of carbonyl (C=O) groups excluding carboxylic acids is 1. The SMILES string of the molecule is NCC(=O)N1CC[C@@]2(CC[C@@H](CCl)C2)C1. The fourth-order valence-electron chi connectivity index (χ4n) is 3.11. The number of carbonyl (C=O) groups is 1. The maximum absolute atomic E-state index is 11.5. The number of hydrogen-bond donors (Lipinski definition) is 1. The van der Waals surface area contributed by atoms with Gasteiger partial charge in [0.1, 0.15) is 0 Å². The molecule has 1 spiro atoms. The van der Waals surface area contributed by atoms with Crippen molar-refractivity contribution in [1.82, 2.24) is 4.90 Å². The van der Waals surface area contributed by atoms with Crippen molar-refractivity contribution in [3.05, 3.63) is 0 Å². The van der Waals surface area contributed by atoms with E-state index in [4.69, 9.17) is 17.3 Å². The summed E-state index contributed by atoms with van der Waals surface area (Å²) in [6.45, 7) is 1.95. The van der Waals surface area contributed by atoms with Crippen molar-refractivity contribution in [2.75, 3.05) is 25.5 Å². The molecule has 2 aliphatic rings. The first-order chi connectivity index (χ1) is 7.19. The minimum absolute atomic E-state index is 0.0983. The van der Waals surface area contributed by atoms with Crippen molar-refractivity contribution < 1.29 is 4.79 Å². The van der Waals surface area contributed by atoms with E-state index in [2.05, 4.69) is 0 Å². The molecular formula is C11H19ClN2O. The van der Waals surface area contributed by atoms with Crippen molar-refractivity contribution in [2.45, 2.75) is 25.7 Å². The van der Waals surface area contributed by atoms with E-state index in [-0.39, 0.29) is 12.5 Å². The number of likely N-dealkylation sites (tertiary alicyclic amines) is 1. The van der Waals surface area contributed by atoms with E-state index >= 15 is 0 Å². The summed E-state index contributed by atoms with van der Waals surface area (Å²) < 4.78 is 0. The lowest BCUT2D eigenvalue weighted by atomic mass is 9.85. The van der Waals surface area contributed by atoms with Crippen LogP contribution in [0.2, 0.25) is 0 Å². The second-order valence-corrected chi connectivity index (χ2v) is 5.34. The van der Waals surface area contributed by atoms with Gasteiger partial charge in [0, 0.05) is 19.0 Å². The smallest absolute Gasteiger partial charge is 0.236 e. The molecule has 1 amide bonds. The summed E-state index contributed by atoms with van der Waals surface area (Å²) >= 11 is 5.90. The maximum atomic E-state index is 11.5. The Bertz CT molecular complexity index is 259. The van der Waals surface area contributed by atoms with Gasteiger partial charge in [-0.3, -0.25) is 4.79 Å². The highest BCUT2D eigenvalue weighted by Crippen LogP contribution is 2.48. The van der Waals surface area contributed by atoms with Gasteiger partial charge in [-0.1, -0.05) is 0 Å². The van der Waals surface area contributed by atoms with E-state index in [9.17, 15) is 4.79 Å². The molecule has 4 heteroatoms. The van der Waals surface area contributed by atoms with Gasteiger partial charge in [0.15, 0.2) is 0 Å². The maximum Gasteiger partial charge on any atom is 0.236 e. The quantitative estimate of drug-likeness (QED) is 0.725. The first-order valence-electron chi connectivity index (χ1n) is 5.73. The number of amides is 1. The first-order valence-corrected chi connectivity index (χ1v) is 6.26. The lowest BCUT2D eigenvalue weighted by Crippen LogP contribution is -2.35. The highest BCUT2D eigenvalue weighted by Gasteiger charge is 2.44. The molecular weight excluding hydrogens is 212 g/mol. The summed E-state index contributed by atoms with van der Waals surface area (Å²) in [7, 11) is 0. The number of halogens is 1. The standard InChI is InChI=1S/C11H19ClN2O/c12-6-9-1-2-11(5-9)3-4-14(8-11)10(15)7-13/h9H,1-8,13H2/t9-,11-/m1/s1. The van der Waals surface area contributed by atoms with Crippen LogP contribution < -0.4 is 5.73 Å². The average molecular weight is 231 g/mol. The van der Waals surface area contributed by atoms with Gasteiger partial charge < -0.3 is 10.6 Å². The molecule has 2 N–H and O–H groups in total. The van der Waals surface area contributed by atoms with E-state index in [0.717, 1.165) is 25.4 Å². The molecule has 3 nitrogen and oxygen atoms in total. The van der Waals surface area contributed by atoms with Crippen LogP contribution in [0.4, 0.5) is 0 Å². The van der Waals surface area contributed by atoms with E-state index in [1.165, 1.54) is 19.3 Å². The molecule has 0 aromatic carbocycles. The predicted molar refractivity (Wildman–Crippen MR) is 60.7 cm³/mol. The zero-order valence-corrected chi connectivity index (χ0v) is 9.80. The second kappa shape index (κ2) is 4.30. The number of alkyl halides is 1. The monoisotopic (exact) mass is 230 g/mol. The third kappa shape index (κ3) is 2.13. The summed E-state index contributed by atoms with van der Waals surface area (Å²) in [6, 6.07) is 0. The molecule has 2 fully saturated rings. The molecule has 0 aromatic rings. The molecule has 86 valence electrons. The zero-order chi connectivity index (χ0) is 10.9. The molecule has 0 aromatic heterocycles. The third-order valence-electron chi connectivity index (χ3n) is 3.99. The van der Waals surface area contributed by atoms with Gasteiger partial charge in [0.2, 0.25) is 5.91 Å². The van der Waals surface area contributed by atoms with Gasteiger partial charge in [-0.2, -0.15) is 0 Å². The fourth-order valence-corrected chi connectivity index (χ4v) is 3.37. The van der Waals surface area contributed by atoms with Gasteiger partial charge in [0.25, 0.3) is 0 Å². The normalized spacial score (nSPS) is 35.3. The van der Waals surface area contributed by atoms with Gasteiger partial charge >= 0.3 is 0 Å². The highest BCUT2D eigenvalue weighted by molar-refractivity contribution is 6.18. The van der Waals surface area contributed by atoms with Crippen LogP contribution in [0.25, 0.3) is 0 Å². The summed E-state index contributed by atoms with van der Waals surface area (Å²) in [4.78, 5) is 13.4. The second-order valence-electron chi connectivity index (χ2n) is 5.03. The van der Waals surface area contributed by atoms with Crippen LogP contribution in [-0.4, -0.2) is 36.3 Å². The van der Waals surface area contributed by atoms with Crippen LogP contribution in [0, 0.1) is 11.3 Å². The minimum atomic E-state index is 0.0983. The molecule has 15 heavy (non-hydrogen) atoms. The van der Waals surface area contributed by atoms with Crippen molar-refractivity contribution in [3.63, 3.8) is 0 Å². The number of hydrogen-bond acceptors (Lipinski definition) is 2. The number of nitrogens with zero attached hydrogens (tertiary/aromatic N) is 1. The lowest BCUT2D eigenvalue weighted by Gasteiger charge is -2.23. The van der Waals surface area contributed by atoms with Crippen LogP contribution in [-0.2, 0) is 4.79 Å². The summed E-state index contributed by atoms with van der Waals surface area (Å²) in [5.41, 5.74) is 5.76. The van der Waals surface area contributed by atoms with Crippen molar-refractivity contribution in [2.24, 2.45) is 17.1 Å². The molecule has 2 rings (SSSR count). The molecule has 1 saturated carbocycles. The van der Waals surface area contributed by atoms with Gasteiger partial charge in [-0.25, -0.2) is 0 Å². The first kappa shape index (κ1) is 11.2. The topological polar surface area (TPSA) is 46.3 Å². The largest absolute Gasteiger partial charge is 0.341 e. The van der Waals surface area contributed by atoms with Gasteiger partial charge in [-0.05, 0) is 37.0 Å². The Morgan fingerprint density at radius 1 is 1.53 bits per heavy atom. The van der Waals surface area contributed by atoms with Crippen LogP contribution in [0.3, 0.4) is 0 Å². The Balaban J connectivity index is 1.94. The summed E-state index contributed by atoms with van der Waals surface area (Å²) in [6.07, 6.45) is 4.81. The van der Waals surface area contributed by atoms with Crippen LogP contribution in [0.5, 0.6) is 0 Å². The van der Waals surface area contributed by atoms with Crippen molar-refractivity contribution >= 4 is 17.5 Å². The fraction of sp³-hybridized carbons (Fsp3) is 0.909. The molecule has 0 bridgehead atoms. The lowest BCUT2D eigenvalue weighted by molar-refractivity contribution is -0.129. The summed E-state index contributed by atoms with van der Waals surface area (Å²) in [5.74, 6) is 1.54. The Kier molecular flexibility index (Phi) is 3.21. The average Bonchev–Trinajstić information content (AvgIpc) is 2.86. The Labute approximate surface area is 95.9 Å². The molecule has 1 saturated heterocycles. The summed E-state index contributed by atoms with van der Waals surface area (Å²) in [5, 5.41) is 0. The van der Waals surface area contributed by atoms with Crippen molar-refractivity contribution in [1.29, 1.82) is 0 Å². The molecule has 1 aliphatic carbocycles. The predicted octanol–water partition coefficient (Wildman–Crippen LogP) is 1.20. The Morgan fingerprint density at radius 3 is 2.93 bits per heavy atom. The number of rotatable bonds is 2. The van der Waals surface area contributed by atoms with Crippen LogP contribution >= 0.6 is 11.6 Å². The zero-order valence-electron chi connectivity index (χ0n) is 9.04.